The van der Waals surface area contributed by atoms with Crippen LogP contribution in [0.3, 0.4) is 0 Å². The molecule has 1 rings (SSSR count). The molecule has 3 heteroatoms. The van der Waals surface area contributed by atoms with Crippen molar-refractivity contribution >= 4 is 0 Å². The number of aromatic nitrogens is 1. The van der Waals surface area contributed by atoms with Crippen molar-refractivity contribution in [1.29, 1.82) is 0 Å². The Morgan fingerprint density at radius 2 is 1.57 bits per heavy atom. The van der Waals surface area contributed by atoms with Gasteiger partial charge in [0, 0.05) is 12.1 Å². The topological polar surface area (TPSA) is 31.4 Å². The number of hydrogen-bond donors (Lipinski definition) is 0. The van der Waals surface area contributed by atoms with Crippen LogP contribution < -0.4 is 9.47 Å². The highest BCUT2D eigenvalue weighted by Gasteiger charge is 1.97. The zero-order chi connectivity index (χ0) is 10.2. The Morgan fingerprint density at radius 1 is 1.07 bits per heavy atom. The third-order valence-corrected chi connectivity index (χ3v) is 1.40. The van der Waals surface area contributed by atoms with Gasteiger partial charge in [-0.15, -0.1) is 0 Å². The van der Waals surface area contributed by atoms with Crippen molar-refractivity contribution in [2.75, 3.05) is 13.2 Å². The van der Waals surface area contributed by atoms with Gasteiger partial charge in [-0.05, 0) is 0 Å². The Morgan fingerprint density at radius 3 is 2.00 bits per heavy atom. The van der Waals surface area contributed by atoms with Crippen LogP contribution in [0, 0.1) is 0 Å². The van der Waals surface area contributed by atoms with Gasteiger partial charge in [-0.25, -0.2) is 0 Å². The smallest absolute Gasteiger partial charge is 0.216 e. The van der Waals surface area contributed by atoms with E-state index in [-0.39, 0.29) is 0 Å². The van der Waals surface area contributed by atoms with Gasteiger partial charge in [-0.2, -0.15) is 4.98 Å². The van der Waals surface area contributed by atoms with Crippen molar-refractivity contribution in [2.45, 2.75) is 0 Å². The maximum absolute atomic E-state index is 5.24. The third-order valence-electron chi connectivity index (χ3n) is 1.40. The first-order chi connectivity index (χ1) is 6.86. The maximum atomic E-state index is 5.24. The predicted octanol–water partition coefficient (Wildman–Crippen LogP) is 2.21. The van der Waals surface area contributed by atoms with Gasteiger partial charge in [0.1, 0.15) is 13.2 Å². The van der Waals surface area contributed by atoms with Crippen molar-refractivity contribution < 1.29 is 9.47 Å². The molecule has 0 aliphatic heterocycles. The van der Waals surface area contributed by atoms with Crippen molar-refractivity contribution in [1.82, 2.24) is 4.98 Å². The molecule has 0 unspecified atom stereocenters. The van der Waals surface area contributed by atoms with Gasteiger partial charge < -0.3 is 9.47 Å². The molecule has 1 aromatic rings. The van der Waals surface area contributed by atoms with Gasteiger partial charge >= 0.3 is 0 Å². The van der Waals surface area contributed by atoms with Gasteiger partial charge in [0.25, 0.3) is 0 Å². The Labute approximate surface area is 83.7 Å². The van der Waals surface area contributed by atoms with E-state index >= 15 is 0 Å². The van der Waals surface area contributed by atoms with Gasteiger partial charge in [0.15, 0.2) is 0 Å². The molecular formula is C11H13NO2. The van der Waals surface area contributed by atoms with Crippen LogP contribution in [-0.2, 0) is 0 Å². The van der Waals surface area contributed by atoms with Gasteiger partial charge in [0.2, 0.25) is 11.8 Å². The summed E-state index contributed by atoms with van der Waals surface area (Å²) in [6, 6.07) is 5.36. The lowest BCUT2D eigenvalue weighted by Crippen LogP contribution is -1.99. The summed E-state index contributed by atoms with van der Waals surface area (Å²) in [4.78, 5) is 4.11. The lowest BCUT2D eigenvalue weighted by atomic mass is 10.5. The molecule has 1 aromatic heterocycles. The number of rotatable bonds is 6. The summed E-state index contributed by atoms with van der Waals surface area (Å²) in [5.74, 6) is 1.07. The van der Waals surface area contributed by atoms with E-state index in [1.165, 1.54) is 0 Å². The minimum Gasteiger partial charge on any atom is -0.473 e. The summed E-state index contributed by atoms with van der Waals surface area (Å²) in [6.07, 6.45) is 3.33. The molecule has 0 aliphatic carbocycles. The first-order valence-corrected chi connectivity index (χ1v) is 4.31. The van der Waals surface area contributed by atoms with E-state index < -0.39 is 0 Å². The van der Waals surface area contributed by atoms with Gasteiger partial charge in [-0.3, -0.25) is 0 Å². The van der Waals surface area contributed by atoms with Crippen LogP contribution in [0.25, 0.3) is 0 Å². The normalized spacial score (nSPS) is 9.14. The SMILES string of the molecule is C=CCOc1cccc(OCC=C)n1. The van der Waals surface area contributed by atoms with Gasteiger partial charge in [0.05, 0.1) is 0 Å². The van der Waals surface area contributed by atoms with Crippen LogP contribution in [0.2, 0.25) is 0 Å². The quantitative estimate of drug-likeness (QED) is 0.646. The van der Waals surface area contributed by atoms with Crippen LogP contribution in [0.1, 0.15) is 0 Å². The standard InChI is InChI=1S/C11H13NO2/c1-3-8-13-10-6-5-7-11(12-10)14-9-4-2/h3-7H,1-2,8-9H2. The van der Waals surface area contributed by atoms with E-state index in [1.807, 2.05) is 6.07 Å². The summed E-state index contributed by atoms with van der Waals surface area (Å²) >= 11 is 0. The van der Waals surface area contributed by atoms with Crippen LogP contribution in [0.4, 0.5) is 0 Å². The molecule has 74 valence electrons. The van der Waals surface area contributed by atoms with Crippen molar-refractivity contribution in [3.05, 3.63) is 43.5 Å². The second-order valence-corrected chi connectivity index (χ2v) is 2.51. The van der Waals surface area contributed by atoms with E-state index in [0.717, 1.165) is 0 Å². The maximum Gasteiger partial charge on any atom is 0.216 e. The highest BCUT2D eigenvalue weighted by molar-refractivity contribution is 5.20. The predicted molar refractivity (Wildman–Crippen MR) is 55.6 cm³/mol. The summed E-state index contributed by atoms with van der Waals surface area (Å²) in [7, 11) is 0. The molecular weight excluding hydrogens is 178 g/mol. The van der Waals surface area contributed by atoms with Crippen LogP contribution >= 0.6 is 0 Å². The molecule has 3 nitrogen and oxygen atoms in total. The third kappa shape index (κ3) is 3.31. The highest BCUT2D eigenvalue weighted by Crippen LogP contribution is 2.13. The minimum absolute atomic E-state index is 0.442. The summed E-state index contributed by atoms with van der Waals surface area (Å²) < 4.78 is 10.5. The first-order valence-electron chi connectivity index (χ1n) is 4.31. The molecule has 0 saturated carbocycles. The zero-order valence-corrected chi connectivity index (χ0v) is 7.98. The summed E-state index contributed by atoms with van der Waals surface area (Å²) in [5.41, 5.74) is 0. The largest absolute Gasteiger partial charge is 0.473 e. The molecule has 0 aromatic carbocycles. The van der Waals surface area contributed by atoms with Crippen molar-refractivity contribution in [3.8, 4) is 11.8 Å². The Kier molecular flexibility index (Phi) is 4.27. The summed E-state index contributed by atoms with van der Waals surface area (Å²) in [5, 5.41) is 0. The first kappa shape index (κ1) is 10.3. The fraction of sp³-hybridized carbons (Fsp3) is 0.182. The Hall–Kier alpha value is -1.77. The average molecular weight is 191 g/mol. The molecule has 0 atom stereocenters. The highest BCUT2D eigenvalue weighted by atomic mass is 16.5. The van der Waals surface area contributed by atoms with E-state index in [0.29, 0.717) is 25.0 Å². The lowest BCUT2D eigenvalue weighted by molar-refractivity contribution is 0.319. The van der Waals surface area contributed by atoms with E-state index in [2.05, 4.69) is 18.1 Å². The van der Waals surface area contributed by atoms with Crippen molar-refractivity contribution in [2.24, 2.45) is 0 Å². The number of hydrogen-bond acceptors (Lipinski definition) is 3. The van der Waals surface area contributed by atoms with Crippen LogP contribution in [0.5, 0.6) is 11.8 Å². The molecule has 0 N–H and O–H groups in total. The zero-order valence-electron chi connectivity index (χ0n) is 7.98. The van der Waals surface area contributed by atoms with Crippen LogP contribution in [-0.4, -0.2) is 18.2 Å². The Balaban J connectivity index is 2.58. The molecule has 1 heterocycles. The second kappa shape index (κ2) is 5.80. The fourth-order valence-electron chi connectivity index (χ4n) is 0.845. The lowest BCUT2D eigenvalue weighted by Gasteiger charge is -2.04. The van der Waals surface area contributed by atoms with E-state index in [4.69, 9.17) is 9.47 Å². The van der Waals surface area contributed by atoms with Crippen molar-refractivity contribution in [3.63, 3.8) is 0 Å². The molecule has 0 aliphatic rings. The molecule has 0 bridgehead atoms. The number of ether oxygens (including phenoxy) is 2. The molecule has 0 fully saturated rings. The number of nitrogens with zero attached hydrogens (tertiary/aromatic N) is 1. The minimum atomic E-state index is 0.442. The van der Waals surface area contributed by atoms with E-state index in [9.17, 15) is 0 Å². The molecule has 0 radical (unpaired) electrons. The average Bonchev–Trinajstić information content (AvgIpc) is 2.24. The van der Waals surface area contributed by atoms with Crippen LogP contribution in [0.15, 0.2) is 43.5 Å². The molecule has 0 saturated heterocycles. The summed E-state index contributed by atoms with van der Waals surface area (Å²) in [6.45, 7) is 7.99. The molecule has 0 amide bonds. The molecule has 0 spiro atoms. The Bertz CT molecular complexity index is 283. The monoisotopic (exact) mass is 191 g/mol. The molecule has 14 heavy (non-hydrogen) atoms. The second-order valence-electron chi connectivity index (χ2n) is 2.51. The van der Waals surface area contributed by atoms with Gasteiger partial charge in [-0.1, -0.05) is 31.4 Å². The fourth-order valence-corrected chi connectivity index (χ4v) is 0.845. The van der Waals surface area contributed by atoms with E-state index in [1.54, 1.807) is 24.3 Å². The number of pyridine rings is 1.